The van der Waals surface area contributed by atoms with Crippen molar-refractivity contribution in [3.8, 4) is 0 Å². The molecule has 2 heteroatoms. The average molecular weight is 242 g/mol. The quantitative estimate of drug-likeness (QED) is 0.761. The number of rotatable bonds is 6. The lowest BCUT2D eigenvalue weighted by Crippen LogP contribution is -2.31. The summed E-state index contributed by atoms with van der Waals surface area (Å²) in [6, 6.07) is 15.6. The second-order valence-corrected chi connectivity index (χ2v) is 4.92. The van der Waals surface area contributed by atoms with Gasteiger partial charge < -0.3 is 10.6 Å². The first-order valence-electron chi connectivity index (χ1n) is 6.68. The lowest BCUT2D eigenvalue weighted by Gasteiger charge is -2.10. The normalized spacial score (nSPS) is 11.3. The number of hydrogen-bond donors (Lipinski definition) is 2. The Morgan fingerprint density at radius 3 is 2.56 bits per heavy atom. The highest BCUT2D eigenvalue weighted by Crippen LogP contribution is 2.17. The Morgan fingerprint density at radius 1 is 0.944 bits per heavy atom. The molecule has 0 bridgehead atoms. The fraction of sp³-hybridized carbons (Fsp3) is 0.375. The van der Waals surface area contributed by atoms with Crippen molar-refractivity contribution in [2.75, 3.05) is 13.1 Å². The van der Waals surface area contributed by atoms with E-state index in [1.54, 1.807) is 0 Å². The molecule has 0 spiro atoms. The van der Waals surface area contributed by atoms with Gasteiger partial charge in [-0.25, -0.2) is 0 Å². The SMILES string of the molecule is CC(C)NCCNCc1cccc2ccccc12. The molecule has 0 saturated carbocycles. The molecule has 0 saturated heterocycles. The van der Waals surface area contributed by atoms with E-state index in [2.05, 4.69) is 66.9 Å². The van der Waals surface area contributed by atoms with Crippen molar-refractivity contribution in [3.63, 3.8) is 0 Å². The first-order valence-corrected chi connectivity index (χ1v) is 6.68. The van der Waals surface area contributed by atoms with Gasteiger partial charge in [-0.2, -0.15) is 0 Å². The zero-order chi connectivity index (χ0) is 12.8. The zero-order valence-corrected chi connectivity index (χ0v) is 11.2. The molecule has 96 valence electrons. The molecular formula is C16H22N2. The maximum atomic E-state index is 3.49. The van der Waals surface area contributed by atoms with Crippen LogP contribution in [0.4, 0.5) is 0 Å². The molecular weight excluding hydrogens is 220 g/mol. The molecule has 0 aliphatic rings. The standard InChI is InChI=1S/C16H22N2/c1-13(2)18-11-10-17-12-15-8-5-7-14-6-3-4-9-16(14)15/h3-9,13,17-18H,10-12H2,1-2H3. The van der Waals surface area contributed by atoms with E-state index in [4.69, 9.17) is 0 Å². The molecule has 2 aromatic carbocycles. The summed E-state index contributed by atoms with van der Waals surface area (Å²) in [4.78, 5) is 0. The van der Waals surface area contributed by atoms with Gasteiger partial charge in [0.1, 0.15) is 0 Å². The lowest BCUT2D eigenvalue weighted by molar-refractivity contribution is 0.556. The van der Waals surface area contributed by atoms with Crippen molar-refractivity contribution < 1.29 is 0 Å². The summed E-state index contributed by atoms with van der Waals surface area (Å²) in [5.41, 5.74) is 1.37. The van der Waals surface area contributed by atoms with Crippen LogP contribution in [-0.4, -0.2) is 19.1 Å². The minimum Gasteiger partial charge on any atom is -0.313 e. The molecule has 2 rings (SSSR count). The fourth-order valence-corrected chi connectivity index (χ4v) is 2.12. The van der Waals surface area contributed by atoms with Crippen LogP contribution < -0.4 is 10.6 Å². The van der Waals surface area contributed by atoms with Crippen molar-refractivity contribution >= 4 is 10.8 Å². The Balaban J connectivity index is 1.91. The smallest absolute Gasteiger partial charge is 0.0212 e. The van der Waals surface area contributed by atoms with Crippen LogP contribution in [0, 0.1) is 0 Å². The molecule has 0 heterocycles. The van der Waals surface area contributed by atoms with Gasteiger partial charge in [0.05, 0.1) is 0 Å². The summed E-state index contributed by atoms with van der Waals surface area (Å²) >= 11 is 0. The highest BCUT2D eigenvalue weighted by atomic mass is 15.0. The Labute approximate surface area is 109 Å². The van der Waals surface area contributed by atoms with E-state index in [1.807, 2.05) is 0 Å². The molecule has 0 aromatic heterocycles. The summed E-state index contributed by atoms with van der Waals surface area (Å²) in [6.07, 6.45) is 0. The molecule has 18 heavy (non-hydrogen) atoms. The van der Waals surface area contributed by atoms with Gasteiger partial charge in [0.2, 0.25) is 0 Å². The maximum Gasteiger partial charge on any atom is 0.0212 e. The van der Waals surface area contributed by atoms with Crippen LogP contribution in [0.1, 0.15) is 19.4 Å². The molecule has 2 N–H and O–H groups in total. The molecule has 0 aliphatic heterocycles. The number of hydrogen-bond acceptors (Lipinski definition) is 2. The minimum atomic E-state index is 0.560. The van der Waals surface area contributed by atoms with Gasteiger partial charge in [0.15, 0.2) is 0 Å². The van der Waals surface area contributed by atoms with Crippen molar-refractivity contribution in [3.05, 3.63) is 48.0 Å². The van der Waals surface area contributed by atoms with Crippen LogP contribution in [0.2, 0.25) is 0 Å². The van der Waals surface area contributed by atoms with Crippen LogP contribution in [0.5, 0.6) is 0 Å². The Bertz CT molecular complexity index is 486. The van der Waals surface area contributed by atoms with Gasteiger partial charge in [-0.15, -0.1) is 0 Å². The van der Waals surface area contributed by atoms with Gasteiger partial charge in [-0.05, 0) is 16.3 Å². The number of benzene rings is 2. The van der Waals surface area contributed by atoms with Crippen LogP contribution in [0.25, 0.3) is 10.8 Å². The largest absolute Gasteiger partial charge is 0.313 e. The Morgan fingerprint density at radius 2 is 1.72 bits per heavy atom. The number of fused-ring (bicyclic) bond motifs is 1. The number of nitrogens with one attached hydrogen (secondary N) is 2. The van der Waals surface area contributed by atoms with E-state index >= 15 is 0 Å². The van der Waals surface area contributed by atoms with E-state index in [9.17, 15) is 0 Å². The third-order valence-electron chi connectivity index (χ3n) is 3.05. The molecule has 0 aliphatic carbocycles. The Kier molecular flexibility index (Phi) is 4.73. The summed E-state index contributed by atoms with van der Waals surface area (Å²) in [5.74, 6) is 0. The lowest BCUT2D eigenvalue weighted by atomic mass is 10.0. The monoisotopic (exact) mass is 242 g/mol. The van der Waals surface area contributed by atoms with E-state index in [0.29, 0.717) is 6.04 Å². The first-order chi connectivity index (χ1) is 8.77. The predicted octanol–water partition coefficient (Wildman–Crippen LogP) is 2.93. The summed E-state index contributed by atoms with van der Waals surface area (Å²) < 4.78 is 0. The van der Waals surface area contributed by atoms with Gasteiger partial charge in [-0.1, -0.05) is 56.3 Å². The minimum absolute atomic E-state index is 0.560. The van der Waals surface area contributed by atoms with Crippen LogP contribution in [0.3, 0.4) is 0 Å². The highest BCUT2D eigenvalue weighted by molar-refractivity contribution is 5.85. The second kappa shape index (κ2) is 6.53. The molecule has 0 fully saturated rings. The highest BCUT2D eigenvalue weighted by Gasteiger charge is 1.99. The molecule has 0 atom stereocenters. The molecule has 0 radical (unpaired) electrons. The van der Waals surface area contributed by atoms with E-state index < -0.39 is 0 Å². The van der Waals surface area contributed by atoms with Gasteiger partial charge >= 0.3 is 0 Å². The van der Waals surface area contributed by atoms with Crippen LogP contribution in [-0.2, 0) is 6.54 Å². The van der Waals surface area contributed by atoms with Gasteiger partial charge in [0.25, 0.3) is 0 Å². The van der Waals surface area contributed by atoms with Crippen molar-refractivity contribution in [2.45, 2.75) is 26.4 Å². The first kappa shape index (κ1) is 13.1. The Hall–Kier alpha value is -1.38. The van der Waals surface area contributed by atoms with Gasteiger partial charge in [-0.3, -0.25) is 0 Å². The molecule has 0 amide bonds. The van der Waals surface area contributed by atoms with Crippen molar-refractivity contribution in [1.82, 2.24) is 10.6 Å². The topological polar surface area (TPSA) is 24.1 Å². The maximum absolute atomic E-state index is 3.49. The van der Waals surface area contributed by atoms with Crippen LogP contribution in [0.15, 0.2) is 42.5 Å². The van der Waals surface area contributed by atoms with E-state index in [-0.39, 0.29) is 0 Å². The average Bonchev–Trinajstić information content (AvgIpc) is 2.38. The molecule has 2 nitrogen and oxygen atoms in total. The van der Waals surface area contributed by atoms with Gasteiger partial charge in [0, 0.05) is 25.7 Å². The van der Waals surface area contributed by atoms with E-state index in [0.717, 1.165) is 19.6 Å². The molecule has 0 unspecified atom stereocenters. The van der Waals surface area contributed by atoms with Crippen molar-refractivity contribution in [2.24, 2.45) is 0 Å². The summed E-state index contributed by atoms with van der Waals surface area (Å²) in [6.45, 7) is 7.29. The summed E-state index contributed by atoms with van der Waals surface area (Å²) in [7, 11) is 0. The summed E-state index contributed by atoms with van der Waals surface area (Å²) in [5, 5.41) is 9.56. The van der Waals surface area contributed by atoms with E-state index in [1.165, 1.54) is 16.3 Å². The van der Waals surface area contributed by atoms with Crippen LogP contribution >= 0.6 is 0 Å². The van der Waals surface area contributed by atoms with Crippen molar-refractivity contribution in [1.29, 1.82) is 0 Å². The zero-order valence-electron chi connectivity index (χ0n) is 11.2. The third-order valence-corrected chi connectivity index (χ3v) is 3.05. The second-order valence-electron chi connectivity index (χ2n) is 4.92. The third kappa shape index (κ3) is 3.56. The fourth-order valence-electron chi connectivity index (χ4n) is 2.12. The predicted molar refractivity (Wildman–Crippen MR) is 78.8 cm³/mol. The molecule has 2 aromatic rings.